The van der Waals surface area contributed by atoms with Crippen molar-refractivity contribution in [1.82, 2.24) is 19.7 Å². The lowest BCUT2D eigenvalue weighted by molar-refractivity contribution is -0.0524. The van der Waals surface area contributed by atoms with Gasteiger partial charge in [-0.15, -0.1) is 10.2 Å². The van der Waals surface area contributed by atoms with Gasteiger partial charge in [0.25, 0.3) is 0 Å². The lowest BCUT2D eigenvalue weighted by Gasteiger charge is -2.10. The average Bonchev–Trinajstić information content (AvgIpc) is 2.90. The fourth-order valence-electron chi connectivity index (χ4n) is 2.21. The molecule has 0 aliphatic carbocycles. The Kier molecular flexibility index (Phi) is 4.64. The van der Waals surface area contributed by atoms with Crippen LogP contribution in [-0.4, -0.2) is 26.4 Å². The topological polar surface area (TPSA) is 52.8 Å². The molecule has 0 bridgehead atoms. The minimum atomic E-state index is -3.02. The standard InChI is InChI=1S/C15H10Cl2F2N4O/c1-23-12(8-3-2-4-9(16)5-8)21-22-13(23)11-6-10(17)7-20-14(11)24-15(18)19/h2-7,15H,1H3. The van der Waals surface area contributed by atoms with Gasteiger partial charge in [0.05, 0.1) is 10.6 Å². The van der Waals surface area contributed by atoms with Crippen molar-refractivity contribution in [3.63, 3.8) is 0 Å². The first-order chi connectivity index (χ1) is 11.5. The molecule has 124 valence electrons. The first kappa shape index (κ1) is 16.6. The van der Waals surface area contributed by atoms with Crippen LogP contribution in [-0.2, 0) is 7.05 Å². The molecule has 2 heterocycles. The number of alkyl halides is 2. The largest absolute Gasteiger partial charge is 0.416 e. The summed E-state index contributed by atoms with van der Waals surface area (Å²) < 4.78 is 31.2. The van der Waals surface area contributed by atoms with Crippen LogP contribution in [0.4, 0.5) is 8.78 Å². The van der Waals surface area contributed by atoms with E-state index in [2.05, 4.69) is 19.9 Å². The highest BCUT2D eigenvalue weighted by Crippen LogP contribution is 2.32. The van der Waals surface area contributed by atoms with Gasteiger partial charge in [-0.3, -0.25) is 0 Å². The first-order valence-corrected chi connectivity index (χ1v) is 7.47. The third-order valence-corrected chi connectivity index (χ3v) is 3.66. The summed E-state index contributed by atoms with van der Waals surface area (Å²) in [4.78, 5) is 3.80. The van der Waals surface area contributed by atoms with Crippen LogP contribution in [0.15, 0.2) is 36.5 Å². The van der Waals surface area contributed by atoms with Crippen LogP contribution in [0.25, 0.3) is 22.8 Å². The molecular weight excluding hydrogens is 361 g/mol. The Bertz CT molecular complexity index is 886. The quantitative estimate of drug-likeness (QED) is 0.680. The monoisotopic (exact) mass is 370 g/mol. The molecule has 3 aromatic rings. The average molecular weight is 371 g/mol. The van der Waals surface area contributed by atoms with Gasteiger partial charge in [-0.25, -0.2) is 4.98 Å². The van der Waals surface area contributed by atoms with Crippen LogP contribution in [0, 0.1) is 0 Å². The van der Waals surface area contributed by atoms with E-state index < -0.39 is 6.61 Å². The van der Waals surface area contributed by atoms with Crippen LogP contribution in [0.2, 0.25) is 10.0 Å². The lowest BCUT2D eigenvalue weighted by Crippen LogP contribution is -2.06. The Morgan fingerprint density at radius 3 is 2.54 bits per heavy atom. The van der Waals surface area contributed by atoms with E-state index in [4.69, 9.17) is 23.2 Å². The summed E-state index contributed by atoms with van der Waals surface area (Å²) in [5, 5.41) is 8.95. The normalized spacial score (nSPS) is 11.1. The molecule has 0 spiro atoms. The molecule has 0 saturated carbocycles. The number of ether oxygens (including phenoxy) is 1. The number of hydrogen-bond acceptors (Lipinski definition) is 4. The number of hydrogen-bond donors (Lipinski definition) is 0. The second-order valence-electron chi connectivity index (χ2n) is 4.80. The van der Waals surface area contributed by atoms with Gasteiger partial charge in [0.1, 0.15) is 0 Å². The smallest absolute Gasteiger partial charge is 0.388 e. The van der Waals surface area contributed by atoms with Gasteiger partial charge >= 0.3 is 6.61 Å². The fourth-order valence-corrected chi connectivity index (χ4v) is 2.56. The van der Waals surface area contributed by atoms with Crippen LogP contribution < -0.4 is 4.74 Å². The van der Waals surface area contributed by atoms with E-state index in [-0.39, 0.29) is 22.3 Å². The van der Waals surface area contributed by atoms with Crippen molar-refractivity contribution >= 4 is 23.2 Å². The summed E-state index contributed by atoms with van der Waals surface area (Å²) in [7, 11) is 1.69. The van der Waals surface area contributed by atoms with E-state index >= 15 is 0 Å². The number of pyridine rings is 1. The summed E-state index contributed by atoms with van der Waals surface area (Å²) >= 11 is 11.9. The zero-order valence-electron chi connectivity index (χ0n) is 12.3. The molecule has 0 N–H and O–H groups in total. The molecule has 0 aliphatic rings. The minimum absolute atomic E-state index is 0.214. The molecule has 0 amide bonds. The van der Waals surface area contributed by atoms with E-state index in [0.29, 0.717) is 10.8 Å². The van der Waals surface area contributed by atoms with Crippen molar-refractivity contribution in [2.75, 3.05) is 0 Å². The molecule has 24 heavy (non-hydrogen) atoms. The van der Waals surface area contributed by atoms with Crippen molar-refractivity contribution in [3.8, 4) is 28.7 Å². The molecule has 5 nitrogen and oxygen atoms in total. The van der Waals surface area contributed by atoms with Gasteiger partial charge in [-0.1, -0.05) is 35.3 Å². The maximum atomic E-state index is 12.6. The minimum Gasteiger partial charge on any atom is -0.416 e. The van der Waals surface area contributed by atoms with Gasteiger partial charge < -0.3 is 9.30 Å². The highest BCUT2D eigenvalue weighted by atomic mass is 35.5. The van der Waals surface area contributed by atoms with Gasteiger partial charge in [-0.2, -0.15) is 8.78 Å². The maximum absolute atomic E-state index is 12.6. The number of aromatic nitrogens is 4. The van der Waals surface area contributed by atoms with Crippen molar-refractivity contribution in [2.24, 2.45) is 7.05 Å². The number of rotatable bonds is 4. The van der Waals surface area contributed by atoms with Crippen molar-refractivity contribution < 1.29 is 13.5 Å². The van der Waals surface area contributed by atoms with Crippen LogP contribution in [0.5, 0.6) is 5.88 Å². The number of benzene rings is 1. The maximum Gasteiger partial charge on any atom is 0.388 e. The van der Waals surface area contributed by atoms with Gasteiger partial charge in [0.2, 0.25) is 5.88 Å². The second-order valence-corrected chi connectivity index (χ2v) is 5.67. The van der Waals surface area contributed by atoms with Gasteiger partial charge in [0.15, 0.2) is 11.6 Å². The Hall–Kier alpha value is -2.25. The predicted octanol–water partition coefficient (Wildman–Crippen LogP) is 4.45. The van der Waals surface area contributed by atoms with Crippen LogP contribution >= 0.6 is 23.2 Å². The zero-order valence-corrected chi connectivity index (χ0v) is 13.8. The molecule has 0 fully saturated rings. The number of nitrogens with zero attached hydrogens (tertiary/aromatic N) is 4. The van der Waals surface area contributed by atoms with Crippen molar-refractivity contribution in [1.29, 1.82) is 0 Å². The van der Waals surface area contributed by atoms with Crippen LogP contribution in [0.1, 0.15) is 0 Å². The summed E-state index contributed by atoms with van der Waals surface area (Å²) in [5.74, 6) is 0.522. The molecule has 0 unspecified atom stereocenters. The molecule has 0 saturated heterocycles. The number of halogens is 4. The molecule has 0 atom stereocenters. The zero-order chi connectivity index (χ0) is 17.3. The van der Waals surface area contributed by atoms with E-state index in [0.717, 1.165) is 5.56 Å². The molecule has 0 aliphatic heterocycles. The second kappa shape index (κ2) is 6.70. The molecule has 9 heteroatoms. The van der Waals surface area contributed by atoms with Gasteiger partial charge in [0, 0.05) is 23.8 Å². The Balaban J connectivity index is 2.10. The third kappa shape index (κ3) is 3.32. The third-order valence-electron chi connectivity index (χ3n) is 3.22. The summed E-state index contributed by atoms with van der Waals surface area (Å²) in [6.45, 7) is -3.02. The molecule has 0 radical (unpaired) electrons. The van der Waals surface area contributed by atoms with E-state index in [1.54, 1.807) is 29.8 Å². The van der Waals surface area contributed by atoms with E-state index in [1.165, 1.54) is 12.3 Å². The first-order valence-electron chi connectivity index (χ1n) is 6.72. The SMILES string of the molecule is Cn1c(-c2cccc(Cl)c2)nnc1-c1cc(Cl)cnc1OC(F)F. The van der Waals surface area contributed by atoms with Crippen molar-refractivity contribution in [2.45, 2.75) is 6.61 Å². The Morgan fingerprint density at radius 1 is 1.08 bits per heavy atom. The van der Waals surface area contributed by atoms with E-state index in [9.17, 15) is 8.78 Å². The molecule has 3 rings (SSSR count). The summed E-state index contributed by atoms with van der Waals surface area (Å²) in [6, 6.07) is 8.49. The highest BCUT2D eigenvalue weighted by molar-refractivity contribution is 6.31. The predicted molar refractivity (Wildman–Crippen MR) is 86.3 cm³/mol. The Morgan fingerprint density at radius 2 is 1.83 bits per heavy atom. The highest BCUT2D eigenvalue weighted by Gasteiger charge is 2.20. The van der Waals surface area contributed by atoms with Crippen molar-refractivity contribution in [3.05, 3.63) is 46.6 Å². The lowest BCUT2D eigenvalue weighted by atomic mass is 10.2. The van der Waals surface area contributed by atoms with E-state index in [1.807, 2.05) is 6.07 Å². The summed E-state index contributed by atoms with van der Waals surface area (Å²) in [5.41, 5.74) is 0.946. The fraction of sp³-hybridized carbons (Fsp3) is 0.133. The molecule has 1 aromatic carbocycles. The molecular formula is C15H10Cl2F2N4O. The van der Waals surface area contributed by atoms with Gasteiger partial charge in [-0.05, 0) is 18.2 Å². The Labute approximate surface area is 145 Å². The molecule has 2 aromatic heterocycles. The summed E-state index contributed by atoms with van der Waals surface area (Å²) in [6.07, 6.45) is 1.22. The van der Waals surface area contributed by atoms with Crippen LogP contribution in [0.3, 0.4) is 0 Å².